The molecule has 1 rings (SSSR count). The van der Waals surface area contributed by atoms with E-state index in [0.717, 1.165) is 11.1 Å². The van der Waals surface area contributed by atoms with E-state index in [2.05, 4.69) is 10.1 Å². The maximum absolute atomic E-state index is 11.2. The molecular formula is C13H19NO3. The van der Waals surface area contributed by atoms with Crippen molar-refractivity contribution in [2.24, 2.45) is 0 Å². The van der Waals surface area contributed by atoms with Crippen LogP contribution in [0.2, 0.25) is 0 Å². The highest BCUT2D eigenvalue weighted by Gasteiger charge is 2.12. The van der Waals surface area contributed by atoms with Crippen LogP contribution in [0.15, 0.2) is 24.3 Å². The molecule has 0 aliphatic carbocycles. The maximum Gasteiger partial charge on any atom is 0.322 e. The van der Waals surface area contributed by atoms with Gasteiger partial charge in [-0.2, -0.15) is 0 Å². The molecule has 4 heteroatoms. The van der Waals surface area contributed by atoms with Crippen molar-refractivity contribution in [1.29, 1.82) is 0 Å². The van der Waals surface area contributed by atoms with Gasteiger partial charge in [-0.3, -0.25) is 4.79 Å². The summed E-state index contributed by atoms with van der Waals surface area (Å²) in [5.74, 6) is -0.255. The van der Waals surface area contributed by atoms with Crippen LogP contribution in [-0.2, 0) is 27.4 Å². The fourth-order valence-electron chi connectivity index (χ4n) is 1.55. The van der Waals surface area contributed by atoms with Crippen molar-refractivity contribution in [3.8, 4) is 0 Å². The van der Waals surface area contributed by atoms with Gasteiger partial charge in [0.2, 0.25) is 0 Å². The molecular weight excluding hydrogens is 218 g/mol. The smallest absolute Gasteiger partial charge is 0.322 e. The van der Waals surface area contributed by atoms with Gasteiger partial charge in [0.05, 0.1) is 13.7 Å². The van der Waals surface area contributed by atoms with E-state index in [0.29, 0.717) is 13.2 Å². The summed E-state index contributed by atoms with van der Waals surface area (Å²) in [4.78, 5) is 11.2. The normalized spacial score (nSPS) is 12.2. The average Bonchev–Trinajstić information content (AvgIpc) is 2.36. The van der Waals surface area contributed by atoms with Crippen molar-refractivity contribution in [3.05, 3.63) is 35.4 Å². The summed E-state index contributed by atoms with van der Waals surface area (Å²) in [6.45, 7) is 2.98. The molecule has 1 aromatic carbocycles. The highest BCUT2D eigenvalue weighted by molar-refractivity contribution is 5.75. The Kier molecular flexibility index (Phi) is 5.66. The molecule has 0 amide bonds. The van der Waals surface area contributed by atoms with Crippen molar-refractivity contribution < 1.29 is 14.3 Å². The maximum atomic E-state index is 11.2. The van der Waals surface area contributed by atoms with Gasteiger partial charge >= 0.3 is 5.97 Å². The fraction of sp³-hybridized carbons (Fsp3) is 0.462. The molecule has 17 heavy (non-hydrogen) atoms. The summed E-state index contributed by atoms with van der Waals surface area (Å²) in [6, 6.07) is 7.67. The zero-order valence-electron chi connectivity index (χ0n) is 10.5. The van der Waals surface area contributed by atoms with Crippen molar-refractivity contribution in [2.75, 3.05) is 14.2 Å². The number of carbonyl (C=O) groups excluding carboxylic acids is 1. The standard InChI is InChI=1S/C13H19NO3/c1-10(13(15)17-3)14-8-11-6-4-5-7-12(11)9-16-2/h4-7,10,14H,8-9H2,1-3H3/t10-/m0/s1. The number of esters is 1. The van der Waals surface area contributed by atoms with E-state index >= 15 is 0 Å². The van der Waals surface area contributed by atoms with Gasteiger partial charge in [0.15, 0.2) is 0 Å². The van der Waals surface area contributed by atoms with E-state index in [-0.39, 0.29) is 12.0 Å². The van der Waals surface area contributed by atoms with Gasteiger partial charge in [0.1, 0.15) is 6.04 Å². The van der Waals surface area contributed by atoms with Crippen LogP contribution < -0.4 is 5.32 Å². The molecule has 1 atom stereocenters. The summed E-state index contributed by atoms with van der Waals surface area (Å²) in [6.07, 6.45) is 0. The average molecular weight is 237 g/mol. The Bertz CT molecular complexity index is 365. The summed E-state index contributed by atoms with van der Waals surface area (Å²) >= 11 is 0. The zero-order valence-corrected chi connectivity index (χ0v) is 10.5. The van der Waals surface area contributed by atoms with Crippen molar-refractivity contribution >= 4 is 5.97 Å². The fourth-order valence-corrected chi connectivity index (χ4v) is 1.55. The van der Waals surface area contributed by atoms with Crippen LogP contribution in [0.25, 0.3) is 0 Å². The van der Waals surface area contributed by atoms with Gasteiger partial charge in [0.25, 0.3) is 0 Å². The predicted molar refractivity (Wildman–Crippen MR) is 65.5 cm³/mol. The number of hydrogen-bond acceptors (Lipinski definition) is 4. The first-order valence-electron chi connectivity index (χ1n) is 5.56. The molecule has 0 bridgehead atoms. The molecule has 0 aromatic heterocycles. The van der Waals surface area contributed by atoms with Crippen molar-refractivity contribution in [1.82, 2.24) is 5.32 Å². The van der Waals surface area contributed by atoms with E-state index in [9.17, 15) is 4.79 Å². The minimum absolute atomic E-state index is 0.255. The Morgan fingerprint density at radius 1 is 1.29 bits per heavy atom. The summed E-state index contributed by atoms with van der Waals surface area (Å²) < 4.78 is 9.78. The van der Waals surface area contributed by atoms with E-state index in [1.807, 2.05) is 24.3 Å². The van der Waals surface area contributed by atoms with Gasteiger partial charge in [-0.25, -0.2) is 0 Å². The molecule has 4 nitrogen and oxygen atoms in total. The molecule has 0 fully saturated rings. The molecule has 0 saturated heterocycles. The third kappa shape index (κ3) is 4.17. The largest absolute Gasteiger partial charge is 0.468 e. The molecule has 0 spiro atoms. The first-order chi connectivity index (χ1) is 8.19. The topological polar surface area (TPSA) is 47.6 Å². The molecule has 0 saturated carbocycles. The third-order valence-corrected chi connectivity index (χ3v) is 2.57. The number of nitrogens with one attached hydrogen (secondary N) is 1. The van der Waals surface area contributed by atoms with Gasteiger partial charge < -0.3 is 14.8 Å². The first kappa shape index (κ1) is 13.7. The van der Waals surface area contributed by atoms with Gasteiger partial charge in [-0.15, -0.1) is 0 Å². The second-order valence-corrected chi connectivity index (χ2v) is 3.83. The number of benzene rings is 1. The lowest BCUT2D eigenvalue weighted by Gasteiger charge is -2.13. The van der Waals surface area contributed by atoms with Crippen LogP contribution in [0, 0.1) is 0 Å². The monoisotopic (exact) mass is 237 g/mol. The lowest BCUT2D eigenvalue weighted by atomic mass is 10.1. The Balaban J connectivity index is 2.59. The van der Waals surface area contributed by atoms with Crippen LogP contribution in [0.5, 0.6) is 0 Å². The molecule has 0 heterocycles. The molecule has 1 N–H and O–H groups in total. The Labute approximate surface area is 102 Å². The third-order valence-electron chi connectivity index (χ3n) is 2.57. The number of rotatable bonds is 6. The Hall–Kier alpha value is -1.39. The molecule has 0 aliphatic rings. The molecule has 0 aliphatic heterocycles. The Morgan fingerprint density at radius 2 is 1.94 bits per heavy atom. The van der Waals surface area contributed by atoms with E-state index in [1.54, 1.807) is 14.0 Å². The second-order valence-electron chi connectivity index (χ2n) is 3.83. The van der Waals surface area contributed by atoms with Gasteiger partial charge in [-0.05, 0) is 18.1 Å². The zero-order chi connectivity index (χ0) is 12.7. The van der Waals surface area contributed by atoms with Crippen LogP contribution in [0.4, 0.5) is 0 Å². The van der Waals surface area contributed by atoms with Crippen LogP contribution >= 0.6 is 0 Å². The van der Waals surface area contributed by atoms with Crippen LogP contribution in [0.1, 0.15) is 18.1 Å². The first-order valence-corrected chi connectivity index (χ1v) is 5.56. The highest BCUT2D eigenvalue weighted by atomic mass is 16.5. The summed E-state index contributed by atoms with van der Waals surface area (Å²) in [7, 11) is 3.06. The van der Waals surface area contributed by atoms with Crippen molar-refractivity contribution in [2.45, 2.75) is 26.1 Å². The van der Waals surface area contributed by atoms with Gasteiger partial charge in [0, 0.05) is 13.7 Å². The van der Waals surface area contributed by atoms with E-state index in [1.165, 1.54) is 7.11 Å². The lowest BCUT2D eigenvalue weighted by molar-refractivity contribution is -0.142. The summed E-state index contributed by atoms with van der Waals surface area (Å²) in [5.41, 5.74) is 2.25. The van der Waals surface area contributed by atoms with E-state index < -0.39 is 0 Å². The minimum Gasteiger partial charge on any atom is -0.468 e. The predicted octanol–water partition coefficient (Wildman–Crippen LogP) is 1.48. The van der Waals surface area contributed by atoms with Gasteiger partial charge in [-0.1, -0.05) is 24.3 Å². The van der Waals surface area contributed by atoms with Crippen LogP contribution in [-0.4, -0.2) is 26.2 Å². The van der Waals surface area contributed by atoms with Crippen molar-refractivity contribution in [3.63, 3.8) is 0 Å². The molecule has 0 unspecified atom stereocenters. The van der Waals surface area contributed by atoms with Crippen LogP contribution in [0.3, 0.4) is 0 Å². The highest BCUT2D eigenvalue weighted by Crippen LogP contribution is 2.09. The molecule has 0 radical (unpaired) electrons. The lowest BCUT2D eigenvalue weighted by Crippen LogP contribution is -2.34. The molecule has 1 aromatic rings. The number of methoxy groups -OCH3 is 2. The Morgan fingerprint density at radius 3 is 2.53 bits per heavy atom. The SMILES string of the molecule is COCc1ccccc1CN[C@@H](C)C(=O)OC. The second kappa shape index (κ2) is 7.04. The summed E-state index contributed by atoms with van der Waals surface area (Å²) in [5, 5.41) is 3.12. The number of carbonyl (C=O) groups is 1. The number of ether oxygens (including phenoxy) is 2. The molecule has 94 valence electrons. The minimum atomic E-state index is -0.310. The number of hydrogen-bond donors (Lipinski definition) is 1. The van der Waals surface area contributed by atoms with E-state index in [4.69, 9.17) is 4.74 Å². The quantitative estimate of drug-likeness (QED) is 0.761.